The van der Waals surface area contributed by atoms with E-state index in [0.29, 0.717) is 29.0 Å². The summed E-state index contributed by atoms with van der Waals surface area (Å²) < 4.78 is 10.7. The first-order valence-electron chi connectivity index (χ1n) is 10.3. The Kier molecular flexibility index (Phi) is 16.5. The second-order valence-corrected chi connectivity index (χ2v) is 9.13. The van der Waals surface area contributed by atoms with Gasteiger partial charge in [-0.25, -0.2) is 0 Å². The molecule has 0 N–H and O–H groups in total. The van der Waals surface area contributed by atoms with Crippen LogP contribution in [-0.4, -0.2) is 34.0 Å². The van der Waals surface area contributed by atoms with Gasteiger partial charge < -0.3 is 9.47 Å². The van der Waals surface area contributed by atoms with Gasteiger partial charge in [0.05, 0.1) is 25.0 Å². The molecule has 0 radical (unpaired) electrons. The van der Waals surface area contributed by atoms with E-state index in [9.17, 15) is 9.59 Å². The van der Waals surface area contributed by atoms with Crippen LogP contribution in [0.2, 0.25) is 0 Å². The van der Waals surface area contributed by atoms with Crippen LogP contribution in [0.5, 0.6) is 0 Å². The van der Waals surface area contributed by atoms with Crippen molar-refractivity contribution in [1.82, 2.24) is 0 Å². The fraction of sp³-hybridized carbons (Fsp3) is 0.905. The lowest BCUT2D eigenvalue weighted by Crippen LogP contribution is -2.31. The monoisotopic (exact) mass is 608 g/mol. The minimum Gasteiger partial charge on any atom is -0.466 e. The molecule has 2 aliphatic carbocycles. The van der Waals surface area contributed by atoms with Gasteiger partial charge in [0.2, 0.25) is 0 Å². The first kappa shape index (κ1) is 27.4. The molecule has 0 saturated heterocycles. The van der Waals surface area contributed by atoms with Crippen LogP contribution in [0.3, 0.4) is 0 Å². The lowest BCUT2D eigenvalue weighted by Gasteiger charge is -2.29. The second-order valence-electron chi connectivity index (χ2n) is 7.37. The quantitative estimate of drug-likeness (QED) is 0.216. The predicted octanol–water partition coefficient (Wildman–Crippen LogP) is 6.22. The van der Waals surface area contributed by atoms with Crippen LogP contribution in [0.15, 0.2) is 0 Å². The third-order valence-electron chi connectivity index (χ3n) is 5.42. The summed E-state index contributed by atoms with van der Waals surface area (Å²) in [6.45, 7) is 9.07. The van der Waals surface area contributed by atoms with Crippen LogP contribution in [0.1, 0.15) is 72.6 Å². The van der Waals surface area contributed by atoms with Gasteiger partial charge in [-0.2, -0.15) is 0 Å². The van der Waals surface area contributed by atoms with Crippen molar-refractivity contribution in [2.45, 2.75) is 76.6 Å². The van der Waals surface area contributed by atoms with E-state index < -0.39 is 0 Å². The van der Waals surface area contributed by atoms with E-state index in [0.717, 1.165) is 19.3 Å². The Morgan fingerprint density at radius 3 is 1.81 bits per heavy atom. The molecule has 2 fully saturated rings. The molecule has 4 nitrogen and oxygen atoms in total. The maximum absolute atomic E-state index is 11.5. The van der Waals surface area contributed by atoms with Crippen LogP contribution in [0.25, 0.3) is 0 Å². The van der Waals surface area contributed by atoms with Crippen molar-refractivity contribution in [2.75, 3.05) is 18.1 Å². The fourth-order valence-corrected chi connectivity index (χ4v) is 4.67. The van der Waals surface area contributed by atoms with Crippen molar-refractivity contribution in [1.29, 1.82) is 0 Å². The van der Waals surface area contributed by atoms with Crippen molar-refractivity contribution in [2.24, 2.45) is 23.7 Å². The number of alkyl halides is 2. The van der Waals surface area contributed by atoms with Gasteiger partial charge in [-0.3, -0.25) is 9.59 Å². The Bertz CT molecular complexity index is 417. The van der Waals surface area contributed by atoms with Crippen molar-refractivity contribution >= 4 is 57.1 Å². The van der Waals surface area contributed by atoms with Gasteiger partial charge in [0.1, 0.15) is 0 Å². The molecule has 160 valence electrons. The summed E-state index contributed by atoms with van der Waals surface area (Å²) in [4.78, 5) is 24.9. The summed E-state index contributed by atoms with van der Waals surface area (Å²) in [5, 5.41) is 0. The fourth-order valence-electron chi connectivity index (χ4n) is 3.76. The molecule has 0 aromatic rings. The van der Waals surface area contributed by atoms with Crippen molar-refractivity contribution in [3.05, 3.63) is 0 Å². The second kappa shape index (κ2) is 16.2. The molecule has 0 aromatic heterocycles. The highest BCUT2D eigenvalue weighted by atomic mass is 127. The van der Waals surface area contributed by atoms with Crippen LogP contribution < -0.4 is 0 Å². The normalized spacial score (nSPS) is 30.0. The average molecular weight is 608 g/mol. The highest BCUT2D eigenvalue weighted by Gasteiger charge is 2.32. The van der Waals surface area contributed by atoms with Crippen LogP contribution >= 0.6 is 45.2 Å². The van der Waals surface area contributed by atoms with Crippen LogP contribution in [0, 0.1) is 23.7 Å². The van der Waals surface area contributed by atoms with Gasteiger partial charge in [0.15, 0.2) is 0 Å². The number of hydrogen-bond donors (Lipinski definition) is 0. The molecule has 6 heteroatoms. The number of halogens is 2. The zero-order valence-corrected chi connectivity index (χ0v) is 22.0. The Hall–Kier alpha value is 0.400. The zero-order valence-electron chi connectivity index (χ0n) is 17.6. The minimum absolute atomic E-state index is 0.0105. The summed E-state index contributed by atoms with van der Waals surface area (Å²) in [7, 11) is 0. The maximum atomic E-state index is 11.5. The Balaban J connectivity index is 0.000000460. The molecule has 0 amide bonds. The number of carbonyl (C=O) groups is 2. The van der Waals surface area contributed by atoms with E-state index in [4.69, 9.17) is 9.47 Å². The minimum atomic E-state index is 0.0105. The molecule has 0 aliphatic heterocycles. The van der Waals surface area contributed by atoms with Gasteiger partial charge in [-0.15, -0.1) is 0 Å². The molecule has 0 heterocycles. The largest absolute Gasteiger partial charge is 0.466 e. The van der Waals surface area contributed by atoms with Crippen LogP contribution in [-0.2, 0) is 19.1 Å². The van der Waals surface area contributed by atoms with Crippen molar-refractivity contribution in [3.63, 3.8) is 0 Å². The molecule has 0 bridgehead atoms. The van der Waals surface area contributed by atoms with E-state index in [2.05, 4.69) is 59.0 Å². The first-order valence-corrected chi connectivity index (χ1v) is 13.7. The molecule has 5 unspecified atom stereocenters. The molecular weight excluding hydrogens is 570 g/mol. The topological polar surface area (TPSA) is 52.6 Å². The number of esters is 2. The van der Waals surface area contributed by atoms with E-state index in [-0.39, 0.29) is 23.8 Å². The highest BCUT2D eigenvalue weighted by Crippen LogP contribution is 2.34. The lowest BCUT2D eigenvalue weighted by molar-refractivity contribution is -0.151. The molecule has 2 aliphatic rings. The predicted molar refractivity (Wildman–Crippen MR) is 129 cm³/mol. The molecule has 0 aromatic carbocycles. The summed E-state index contributed by atoms with van der Waals surface area (Å²) in [6.07, 6.45) is 8.09. The van der Waals surface area contributed by atoms with Gasteiger partial charge in [0.25, 0.3) is 0 Å². The number of rotatable bonds is 4. The number of hydrogen-bond acceptors (Lipinski definition) is 4. The first-order chi connectivity index (χ1) is 12.9. The molecule has 5 atom stereocenters. The Morgan fingerprint density at radius 1 is 0.815 bits per heavy atom. The summed E-state index contributed by atoms with van der Waals surface area (Å²) >= 11 is 4.59. The summed E-state index contributed by atoms with van der Waals surface area (Å²) in [5.74, 6) is 1.39. The Morgan fingerprint density at radius 2 is 1.30 bits per heavy atom. The molecule has 2 rings (SSSR count). The maximum Gasteiger partial charge on any atom is 0.309 e. The van der Waals surface area contributed by atoms with E-state index >= 15 is 0 Å². The van der Waals surface area contributed by atoms with Crippen LogP contribution in [0.4, 0.5) is 0 Å². The van der Waals surface area contributed by atoms with Crippen molar-refractivity contribution < 1.29 is 19.1 Å². The third kappa shape index (κ3) is 10.7. The Labute approximate surface area is 193 Å². The molecular formula is C21H38I2O4. The summed E-state index contributed by atoms with van der Waals surface area (Å²) in [6, 6.07) is 0. The van der Waals surface area contributed by atoms with Gasteiger partial charge in [-0.05, 0) is 62.7 Å². The number of carbonyl (C=O) groups excluding carboxylic acids is 2. The molecule has 0 spiro atoms. The SMILES string of the molecule is CCOC(=O)C1CC(I)CCC1C.CCOC(=O)C1CCCCC1C.CI. The molecule has 2 saturated carbocycles. The van der Waals surface area contributed by atoms with E-state index in [1.807, 2.05) is 18.8 Å². The third-order valence-corrected chi connectivity index (χ3v) is 6.55. The lowest BCUT2D eigenvalue weighted by atomic mass is 9.80. The average Bonchev–Trinajstić information content (AvgIpc) is 2.66. The van der Waals surface area contributed by atoms with Gasteiger partial charge in [0, 0.05) is 3.92 Å². The van der Waals surface area contributed by atoms with E-state index in [1.165, 1.54) is 25.7 Å². The smallest absolute Gasteiger partial charge is 0.309 e. The van der Waals surface area contributed by atoms with Gasteiger partial charge >= 0.3 is 11.9 Å². The summed E-state index contributed by atoms with van der Waals surface area (Å²) in [5.41, 5.74) is 0. The zero-order chi connectivity index (χ0) is 20.8. The number of ether oxygens (including phenoxy) is 2. The van der Waals surface area contributed by atoms with Gasteiger partial charge in [-0.1, -0.05) is 71.9 Å². The standard InChI is InChI=1S/C10H17IO2.C10H18O2.CH3I/c1-3-13-10(12)9-6-8(11)5-4-7(9)2;1-3-12-10(11)9-7-5-4-6-8(9)2;1-2/h7-9H,3-6H2,1-2H3;8-9H,3-7H2,1-2H3;1H3. The van der Waals surface area contributed by atoms with Crippen molar-refractivity contribution in [3.8, 4) is 0 Å². The van der Waals surface area contributed by atoms with E-state index in [1.54, 1.807) is 0 Å². The molecule has 27 heavy (non-hydrogen) atoms. The highest BCUT2D eigenvalue weighted by molar-refractivity contribution is 14.1.